The van der Waals surface area contributed by atoms with Gasteiger partial charge >= 0.3 is 5.97 Å². The summed E-state index contributed by atoms with van der Waals surface area (Å²) in [6.07, 6.45) is 0.198. The summed E-state index contributed by atoms with van der Waals surface area (Å²) >= 11 is 1.53. The van der Waals surface area contributed by atoms with Crippen LogP contribution in [-0.2, 0) is 16.0 Å². The molecule has 24 heavy (non-hydrogen) atoms. The fourth-order valence-corrected chi connectivity index (χ4v) is 2.99. The second kappa shape index (κ2) is 7.70. The number of thiophene rings is 1. The zero-order chi connectivity index (χ0) is 16.8. The molecule has 4 heteroatoms. The average Bonchev–Trinajstić information content (AvgIpc) is 3.13. The van der Waals surface area contributed by atoms with Crippen molar-refractivity contribution >= 4 is 23.1 Å². The van der Waals surface area contributed by atoms with Crippen LogP contribution >= 0.6 is 11.3 Å². The number of ketones is 1. The Balaban J connectivity index is 1.56. The molecule has 0 saturated heterocycles. The number of benzene rings is 2. The Labute approximate surface area is 144 Å². The van der Waals surface area contributed by atoms with Crippen LogP contribution in [0.3, 0.4) is 0 Å². The zero-order valence-electron chi connectivity index (χ0n) is 13.0. The van der Waals surface area contributed by atoms with E-state index in [1.807, 2.05) is 59.3 Å². The van der Waals surface area contributed by atoms with Gasteiger partial charge in [0, 0.05) is 5.56 Å². The normalized spacial score (nSPS) is 10.3. The first kappa shape index (κ1) is 16.1. The molecule has 0 aliphatic rings. The van der Waals surface area contributed by atoms with Gasteiger partial charge in [-0.1, -0.05) is 54.6 Å². The van der Waals surface area contributed by atoms with E-state index < -0.39 is 0 Å². The highest BCUT2D eigenvalue weighted by Crippen LogP contribution is 2.19. The lowest BCUT2D eigenvalue weighted by molar-refractivity contribution is -0.141. The lowest BCUT2D eigenvalue weighted by Gasteiger charge is -2.05. The summed E-state index contributed by atoms with van der Waals surface area (Å²) in [5, 5.41) is 3.80. The molecular formula is C20H16O3S. The Morgan fingerprint density at radius 3 is 2.25 bits per heavy atom. The lowest BCUT2D eigenvalue weighted by Crippen LogP contribution is -2.15. The molecule has 120 valence electrons. The number of carbonyl (C=O) groups is 2. The van der Waals surface area contributed by atoms with Crippen molar-refractivity contribution in [2.45, 2.75) is 6.42 Å². The van der Waals surface area contributed by atoms with E-state index in [1.54, 1.807) is 12.1 Å². The first-order chi connectivity index (χ1) is 11.7. The second-order valence-corrected chi connectivity index (χ2v) is 6.12. The van der Waals surface area contributed by atoms with Crippen molar-refractivity contribution in [3.05, 3.63) is 82.6 Å². The Morgan fingerprint density at radius 1 is 0.875 bits per heavy atom. The second-order valence-electron chi connectivity index (χ2n) is 5.34. The van der Waals surface area contributed by atoms with Crippen LogP contribution in [0.2, 0.25) is 0 Å². The minimum Gasteiger partial charge on any atom is -0.457 e. The molecule has 1 aromatic heterocycles. The van der Waals surface area contributed by atoms with Crippen molar-refractivity contribution in [1.82, 2.24) is 0 Å². The van der Waals surface area contributed by atoms with Gasteiger partial charge in [-0.15, -0.1) is 0 Å². The van der Waals surface area contributed by atoms with Crippen molar-refractivity contribution in [3.8, 4) is 11.1 Å². The third-order valence-corrected chi connectivity index (χ3v) is 4.34. The molecule has 3 nitrogen and oxygen atoms in total. The van der Waals surface area contributed by atoms with E-state index in [0.717, 1.165) is 16.7 Å². The number of carbonyl (C=O) groups excluding carboxylic acids is 2. The van der Waals surface area contributed by atoms with Crippen LogP contribution in [0.25, 0.3) is 11.1 Å². The van der Waals surface area contributed by atoms with E-state index in [0.29, 0.717) is 5.56 Å². The fraction of sp³-hybridized carbons (Fsp3) is 0.100. The maximum Gasteiger partial charge on any atom is 0.310 e. The first-order valence-electron chi connectivity index (χ1n) is 7.58. The van der Waals surface area contributed by atoms with E-state index in [9.17, 15) is 9.59 Å². The highest BCUT2D eigenvalue weighted by Gasteiger charge is 2.11. The van der Waals surface area contributed by atoms with Gasteiger partial charge in [-0.2, -0.15) is 11.3 Å². The number of Topliss-reactive ketones (excluding diaryl/α,β-unsaturated/α-hetero) is 1. The van der Waals surface area contributed by atoms with E-state index >= 15 is 0 Å². The minimum absolute atomic E-state index is 0.198. The lowest BCUT2D eigenvalue weighted by atomic mass is 10.0. The molecule has 0 spiro atoms. The van der Waals surface area contributed by atoms with E-state index in [1.165, 1.54) is 11.3 Å². The smallest absolute Gasteiger partial charge is 0.310 e. The molecule has 1 heterocycles. The molecule has 0 saturated carbocycles. The van der Waals surface area contributed by atoms with Crippen molar-refractivity contribution in [2.24, 2.45) is 0 Å². The highest BCUT2D eigenvalue weighted by atomic mass is 32.1. The fourth-order valence-electron chi connectivity index (χ4n) is 2.32. The van der Waals surface area contributed by atoms with Gasteiger partial charge in [-0.3, -0.25) is 9.59 Å². The minimum atomic E-state index is -0.386. The maximum atomic E-state index is 12.1. The quantitative estimate of drug-likeness (QED) is 0.495. The van der Waals surface area contributed by atoms with Gasteiger partial charge < -0.3 is 4.74 Å². The van der Waals surface area contributed by atoms with Crippen LogP contribution in [-0.4, -0.2) is 18.4 Å². The molecule has 0 bridgehead atoms. The van der Waals surface area contributed by atoms with Crippen LogP contribution in [0.15, 0.2) is 71.4 Å². The summed E-state index contributed by atoms with van der Waals surface area (Å²) in [5.74, 6) is -0.587. The van der Waals surface area contributed by atoms with Crippen molar-refractivity contribution in [1.29, 1.82) is 0 Å². The molecule has 0 aliphatic carbocycles. The standard InChI is InChI=1S/C20H16O3S/c21-19(13-23-20(22)12-15-10-11-24-14-15)18-8-6-17(7-9-18)16-4-2-1-3-5-16/h1-11,14H,12-13H2. The Kier molecular flexibility index (Phi) is 5.18. The first-order valence-corrected chi connectivity index (χ1v) is 8.52. The number of hydrogen-bond acceptors (Lipinski definition) is 4. The molecule has 3 aromatic rings. The number of rotatable bonds is 6. The third kappa shape index (κ3) is 4.18. The van der Waals surface area contributed by atoms with Gasteiger partial charge in [0.05, 0.1) is 6.42 Å². The molecule has 2 aromatic carbocycles. The highest BCUT2D eigenvalue weighted by molar-refractivity contribution is 7.07. The molecular weight excluding hydrogens is 320 g/mol. The summed E-state index contributed by atoms with van der Waals surface area (Å²) in [5.41, 5.74) is 3.59. The molecule has 0 aliphatic heterocycles. The van der Waals surface area contributed by atoms with Crippen LogP contribution in [0.5, 0.6) is 0 Å². The predicted octanol–water partition coefficient (Wildman–Crippen LogP) is 4.38. The van der Waals surface area contributed by atoms with E-state index in [4.69, 9.17) is 4.74 Å². The van der Waals surface area contributed by atoms with Crippen LogP contribution in [0, 0.1) is 0 Å². The van der Waals surface area contributed by atoms with Gasteiger partial charge in [-0.25, -0.2) is 0 Å². The van der Waals surface area contributed by atoms with E-state index in [-0.39, 0.29) is 24.8 Å². The molecule has 0 N–H and O–H groups in total. The van der Waals surface area contributed by atoms with E-state index in [2.05, 4.69) is 0 Å². The van der Waals surface area contributed by atoms with Gasteiger partial charge in [0.15, 0.2) is 12.4 Å². The van der Waals surface area contributed by atoms with Crippen LogP contribution in [0.1, 0.15) is 15.9 Å². The Bertz CT molecular complexity index is 806. The molecule has 3 rings (SSSR count). The SMILES string of the molecule is O=C(Cc1ccsc1)OCC(=O)c1ccc(-c2ccccc2)cc1. The zero-order valence-corrected chi connectivity index (χ0v) is 13.8. The van der Waals surface area contributed by atoms with Crippen molar-refractivity contribution < 1.29 is 14.3 Å². The van der Waals surface area contributed by atoms with Crippen molar-refractivity contribution in [2.75, 3.05) is 6.61 Å². The summed E-state index contributed by atoms with van der Waals surface area (Å²) in [7, 11) is 0. The monoisotopic (exact) mass is 336 g/mol. The van der Waals surface area contributed by atoms with Crippen LogP contribution < -0.4 is 0 Å². The molecule has 0 unspecified atom stereocenters. The molecule has 0 fully saturated rings. The van der Waals surface area contributed by atoms with Gasteiger partial charge in [-0.05, 0) is 33.5 Å². The predicted molar refractivity (Wildman–Crippen MR) is 95.2 cm³/mol. The number of hydrogen-bond donors (Lipinski definition) is 0. The molecule has 0 amide bonds. The summed E-state index contributed by atoms with van der Waals surface area (Å²) in [6, 6.07) is 19.1. The summed E-state index contributed by atoms with van der Waals surface area (Å²) in [6.45, 7) is -0.229. The Hall–Kier alpha value is -2.72. The molecule has 0 radical (unpaired) electrons. The third-order valence-electron chi connectivity index (χ3n) is 3.61. The number of ether oxygens (including phenoxy) is 1. The van der Waals surface area contributed by atoms with Crippen LogP contribution in [0.4, 0.5) is 0 Å². The van der Waals surface area contributed by atoms with Gasteiger partial charge in [0.2, 0.25) is 0 Å². The maximum absolute atomic E-state index is 12.1. The van der Waals surface area contributed by atoms with Gasteiger partial charge in [0.25, 0.3) is 0 Å². The average molecular weight is 336 g/mol. The summed E-state index contributed by atoms with van der Waals surface area (Å²) in [4.78, 5) is 23.8. The van der Waals surface area contributed by atoms with Crippen molar-refractivity contribution in [3.63, 3.8) is 0 Å². The summed E-state index contributed by atoms with van der Waals surface area (Å²) < 4.78 is 5.06. The largest absolute Gasteiger partial charge is 0.457 e. The topological polar surface area (TPSA) is 43.4 Å². The Morgan fingerprint density at radius 2 is 1.58 bits per heavy atom. The number of esters is 1. The molecule has 0 atom stereocenters. The van der Waals surface area contributed by atoms with Gasteiger partial charge in [0.1, 0.15) is 0 Å².